The highest BCUT2D eigenvalue weighted by Crippen LogP contribution is 2.23. The van der Waals surface area contributed by atoms with E-state index < -0.39 is 0 Å². The summed E-state index contributed by atoms with van der Waals surface area (Å²) < 4.78 is 5.12. The molecule has 0 saturated carbocycles. The smallest absolute Gasteiger partial charge is 0.276 e. The largest absolute Gasteiger partial charge is 0.374 e. The van der Waals surface area contributed by atoms with Crippen LogP contribution >= 0.6 is 22.9 Å². The zero-order valence-corrected chi connectivity index (χ0v) is 11.8. The second kappa shape index (κ2) is 6.05. The number of rotatable bonds is 4. The van der Waals surface area contributed by atoms with E-state index in [9.17, 15) is 4.79 Å². The molecule has 100 valence electrons. The van der Waals surface area contributed by atoms with Gasteiger partial charge in [0.25, 0.3) is 5.91 Å². The van der Waals surface area contributed by atoms with E-state index in [4.69, 9.17) is 16.3 Å². The number of anilines is 1. The lowest BCUT2D eigenvalue weighted by atomic mass is 10.3. The third-order valence-corrected chi connectivity index (χ3v) is 3.55. The quantitative estimate of drug-likeness (QED) is 0.938. The molecule has 0 saturated heterocycles. The Balaban J connectivity index is 2.06. The number of ether oxygens (including phenoxy) is 1. The number of aromatic nitrogens is 3. The fourth-order valence-electron chi connectivity index (χ4n) is 1.22. The van der Waals surface area contributed by atoms with Crippen molar-refractivity contribution in [2.75, 3.05) is 12.4 Å². The van der Waals surface area contributed by atoms with Crippen LogP contribution in [-0.4, -0.2) is 28.2 Å². The third-order valence-electron chi connectivity index (χ3n) is 2.32. The van der Waals surface area contributed by atoms with Gasteiger partial charge in [-0.15, -0.1) is 10.2 Å². The molecule has 0 bridgehead atoms. The summed E-state index contributed by atoms with van der Waals surface area (Å²) >= 11 is 6.96. The van der Waals surface area contributed by atoms with E-state index in [0.717, 1.165) is 0 Å². The van der Waals surface area contributed by atoms with Gasteiger partial charge >= 0.3 is 0 Å². The van der Waals surface area contributed by atoms with Crippen molar-refractivity contribution in [3.63, 3.8) is 0 Å². The van der Waals surface area contributed by atoms with Crippen LogP contribution in [0, 0.1) is 0 Å². The standard InChI is InChI=1S/C11H11ClN4O2S/c1-6(18-2)10-15-16-11(19-10)14-9(17)8-4-3-7(12)5-13-8/h3-6H,1-2H3,(H,14,16,17). The molecule has 1 atom stereocenters. The molecule has 8 heteroatoms. The Hall–Kier alpha value is -1.57. The lowest BCUT2D eigenvalue weighted by molar-refractivity contribution is 0.102. The van der Waals surface area contributed by atoms with E-state index in [1.807, 2.05) is 6.92 Å². The molecule has 0 aromatic carbocycles. The van der Waals surface area contributed by atoms with E-state index in [0.29, 0.717) is 15.2 Å². The maximum absolute atomic E-state index is 11.9. The highest BCUT2D eigenvalue weighted by Gasteiger charge is 2.14. The first-order valence-corrected chi connectivity index (χ1v) is 6.58. The molecule has 1 N–H and O–H groups in total. The van der Waals surface area contributed by atoms with Gasteiger partial charge in [0.1, 0.15) is 16.8 Å². The van der Waals surface area contributed by atoms with Crippen LogP contribution in [0.5, 0.6) is 0 Å². The number of halogens is 1. The average Bonchev–Trinajstić information content (AvgIpc) is 2.87. The molecule has 2 heterocycles. The molecular formula is C11H11ClN4O2S. The molecule has 0 aliphatic rings. The van der Waals surface area contributed by atoms with Crippen LogP contribution in [0.25, 0.3) is 0 Å². The van der Waals surface area contributed by atoms with E-state index in [-0.39, 0.29) is 17.7 Å². The number of hydrogen-bond donors (Lipinski definition) is 1. The van der Waals surface area contributed by atoms with Crippen molar-refractivity contribution in [1.29, 1.82) is 0 Å². The van der Waals surface area contributed by atoms with Crippen molar-refractivity contribution in [3.05, 3.63) is 34.1 Å². The number of carbonyl (C=O) groups is 1. The molecule has 2 rings (SSSR count). The first kappa shape index (κ1) is 13.9. The molecule has 0 aliphatic heterocycles. The molecule has 6 nitrogen and oxygen atoms in total. The minimum absolute atomic E-state index is 0.156. The second-order valence-corrected chi connectivity index (χ2v) is 5.08. The summed E-state index contributed by atoms with van der Waals surface area (Å²) in [5.41, 5.74) is 0.265. The van der Waals surface area contributed by atoms with Crippen molar-refractivity contribution >= 4 is 34.0 Å². The van der Waals surface area contributed by atoms with Crippen LogP contribution in [-0.2, 0) is 4.74 Å². The molecular weight excluding hydrogens is 288 g/mol. The average molecular weight is 299 g/mol. The van der Waals surface area contributed by atoms with Gasteiger partial charge < -0.3 is 4.74 Å². The molecule has 2 aromatic heterocycles. The minimum Gasteiger partial charge on any atom is -0.374 e. The van der Waals surface area contributed by atoms with Crippen LogP contribution in [0.1, 0.15) is 28.5 Å². The third kappa shape index (κ3) is 3.46. The maximum atomic E-state index is 11.9. The number of methoxy groups -OCH3 is 1. The maximum Gasteiger partial charge on any atom is 0.276 e. The van der Waals surface area contributed by atoms with Gasteiger partial charge in [-0.25, -0.2) is 4.98 Å². The lowest BCUT2D eigenvalue weighted by Gasteiger charge is -2.02. The van der Waals surface area contributed by atoms with Crippen LogP contribution in [0.3, 0.4) is 0 Å². The van der Waals surface area contributed by atoms with Crippen LogP contribution in [0.2, 0.25) is 5.02 Å². The Morgan fingerprint density at radius 3 is 2.89 bits per heavy atom. The topological polar surface area (TPSA) is 77.0 Å². The predicted octanol–water partition coefficient (Wildman–Crippen LogP) is 2.55. The molecule has 1 unspecified atom stereocenters. The first-order chi connectivity index (χ1) is 9.10. The number of hydrogen-bond acceptors (Lipinski definition) is 6. The van der Waals surface area contributed by atoms with Gasteiger partial charge in [-0.3, -0.25) is 10.1 Å². The first-order valence-electron chi connectivity index (χ1n) is 5.39. The van der Waals surface area contributed by atoms with E-state index in [1.54, 1.807) is 13.2 Å². The summed E-state index contributed by atoms with van der Waals surface area (Å²) in [7, 11) is 1.59. The SMILES string of the molecule is COC(C)c1nnc(NC(=O)c2ccc(Cl)cn2)s1. The minimum atomic E-state index is -0.357. The second-order valence-electron chi connectivity index (χ2n) is 3.64. The summed E-state index contributed by atoms with van der Waals surface area (Å²) in [6.07, 6.45) is 1.26. The van der Waals surface area contributed by atoms with Gasteiger partial charge in [0.2, 0.25) is 5.13 Å². The summed E-state index contributed by atoms with van der Waals surface area (Å²) in [6, 6.07) is 3.14. The van der Waals surface area contributed by atoms with Gasteiger partial charge in [0, 0.05) is 13.3 Å². The van der Waals surface area contributed by atoms with Gasteiger partial charge in [0.15, 0.2) is 0 Å². The number of nitrogens with one attached hydrogen (secondary N) is 1. The number of amides is 1. The summed E-state index contributed by atoms with van der Waals surface area (Å²) in [4.78, 5) is 15.8. The Kier molecular flexibility index (Phi) is 4.41. The predicted molar refractivity (Wildman–Crippen MR) is 72.5 cm³/mol. The highest BCUT2D eigenvalue weighted by molar-refractivity contribution is 7.15. The number of nitrogens with zero attached hydrogens (tertiary/aromatic N) is 3. The Bertz CT molecular complexity index is 572. The molecule has 2 aromatic rings. The molecule has 19 heavy (non-hydrogen) atoms. The molecule has 0 fully saturated rings. The molecule has 0 radical (unpaired) electrons. The lowest BCUT2D eigenvalue weighted by Crippen LogP contribution is -2.13. The highest BCUT2D eigenvalue weighted by atomic mass is 35.5. The van der Waals surface area contributed by atoms with E-state index in [1.165, 1.54) is 23.6 Å². The van der Waals surface area contributed by atoms with Gasteiger partial charge in [-0.1, -0.05) is 22.9 Å². The monoisotopic (exact) mass is 298 g/mol. The van der Waals surface area contributed by atoms with Crippen LogP contribution in [0.15, 0.2) is 18.3 Å². The van der Waals surface area contributed by atoms with Gasteiger partial charge in [-0.2, -0.15) is 0 Å². The van der Waals surface area contributed by atoms with Crippen molar-refractivity contribution in [1.82, 2.24) is 15.2 Å². The summed E-state index contributed by atoms with van der Waals surface area (Å²) in [5, 5.41) is 12.0. The van der Waals surface area contributed by atoms with Crippen molar-refractivity contribution < 1.29 is 9.53 Å². The number of carbonyl (C=O) groups excluding carboxylic acids is 1. The Morgan fingerprint density at radius 2 is 2.26 bits per heavy atom. The van der Waals surface area contributed by atoms with Crippen molar-refractivity contribution in [2.24, 2.45) is 0 Å². The van der Waals surface area contributed by atoms with Crippen LogP contribution in [0.4, 0.5) is 5.13 Å². The van der Waals surface area contributed by atoms with Crippen molar-refractivity contribution in [2.45, 2.75) is 13.0 Å². The molecule has 1 amide bonds. The van der Waals surface area contributed by atoms with E-state index >= 15 is 0 Å². The van der Waals surface area contributed by atoms with Gasteiger partial charge in [0.05, 0.1) is 5.02 Å². The fourth-order valence-corrected chi connectivity index (χ4v) is 2.10. The van der Waals surface area contributed by atoms with Gasteiger partial charge in [-0.05, 0) is 19.1 Å². The summed E-state index contributed by atoms with van der Waals surface area (Å²) in [6.45, 7) is 1.85. The van der Waals surface area contributed by atoms with Crippen LogP contribution < -0.4 is 5.32 Å². The Labute approximate surface area is 118 Å². The number of pyridine rings is 1. The molecule has 0 spiro atoms. The normalized spacial score (nSPS) is 12.2. The zero-order chi connectivity index (χ0) is 13.8. The summed E-state index contributed by atoms with van der Waals surface area (Å²) in [5.74, 6) is -0.357. The van der Waals surface area contributed by atoms with Crippen molar-refractivity contribution in [3.8, 4) is 0 Å². The zero-order valence-electron chi connectivity index (χ0n) is 10.3. The molecule has 0 aliphatic carbocycles. The fraction of sp³-hybridized carbons (Fsp3) is 0.273. The Morgan fingerprint density at radius 1 is 1.47 bits per heavy atom. The van der Waals surface area contributed by atoms with E-state index in [2.05, 4.69) is 20.5 Å².